The first-order valence-electron chi connectivity index (χ1n) is 7.12. The SMILES string of the molecule is CCn1nccc1C(NC)c1cnn(-c2ccccc2)c1. The summed E-state index contributed by atoms with van der Waals surface area (Å²) in [5, 5.41) is 12.2. The molecule has 21 heavy (non-hydrogen) atoms. The highest BCUT2D eigenvalue weighted by atomic mass is 15.3. The molecule has 0 aliphatic rings. The van der Waals surface area contributed by atoms with Gasteiger partial charge in [-0.1, -0.05) is 18.2 Å². The standard InChI is InChI=1S/C16H19N5/c1-3-20-15(9-10-18-20)16(17-2)13-11-19-21(12-13)14-7-5-4-6-8-14/h4-12,16-17H,3H2,1-2H3. The first-order valence-corrected chi connectivity index (χ1v) is 7.12. The fourth-order valence-corrected chi connectivity index (χ4v) is 2.55. The number of para-hydroxylation sites is 1. The van der Waals surface area contributed by atoms with Gasteiger partial charge in [0.15, 0.2) is 0 Å². The van der Waals surface area contributed by atoms with Crippen molar-refractivity contribution in [3.8, 4) is 5.69 Å². The van der Waals surface area contributed by atoms with Crippen LogP contribution in [0.5, 0.6) is 0 Å². The second kappa shape index (κ2) is 5.93. The molecule has 5 heteroatoms. The van der Waals surface area contributed by atoms with Crippen LogP contribution < -0.4 is 5.32 Å². The highest BCUT2D eigenvalue weighted by Gasteiger charge is 2.18. The third kappa shape index (κ3) is 2.60. The Balaban J connectivity index is 1.94. The quantitative estimate of drug-likeness (QED) is 0.781. The smallest absolute Gasteiger partial charge is 0.0776 e. The number of nitrogens with one attached hydrogen (secondary N) is 1. The Labute approximate surface area is 124 Å². The molecule has 1 atom stereocenters. The van der Waals surface area contributed by atoms with Crippen molar-refractivity contribution in [2.75, 3.05) is 7.05 Å². The van der Waals surface area contributed by atoms with Gasteiger partial charge in [0.1, 0.15) is 0 Å². The highest BCUT2D eigenvalue weighted by Crippen LogP contribution is 2.22. The molecule has 0 aliphatic carbocycles. The molecule has 0 radical (unpaired) electrons. The van der Waals surface area contributed by atoms with Crippen LogP contribution in [0.25, 0.3) is 5.69 Å². The van der Waals surface area contributed by atoms with Crippen LogP contribution >= 0.6 is 0 Å². The summed E-state index contributed by atoms with van der Waals surface area (Å²) >= 11 is 0. The van der Waals surface area contributed by atoms with Crippen molar-refractivity contribution in [3.63, 3.8) is 0 Å². The minimum Gasteiger partial charge on any atom is -0.308 e. The van der Waals surface area contributed by atoms with Crippen molar-refractivity contribution < 1.29 is 0 Å². The van der Waals surface area contributed by atoms with Gasteiger partial charge in [-0.3, -0.25) is 4.68 Å². The maximum absolute atomic E-state index is 4.47. The van der Waals surface area contributed by atoms with Gasteiger partial charge in [0.05, 0.1) is 23.6 Å². The zero-order valence-corrected chi connectivity index (χ0v) is 12.3. The lowest BCUT2D eigenvalue weighted by Crippen LogP contribution is -2.21. The van der Waals surface area contributed by atoms with Crippen molar-refractivity contribution in [1.82, 2.24) is 24.9 Å². The second-order valence-corrected chi connectivity index (χ2v) is 4.85. The van der Waals surface area contributed by atoms with Crippen molar-refractivity contribution >= 4 is 0 Å². The number of aryl methyl sites for hydroxylation is 1. The number of aromatic nitrogens is 4. The van der Waals surface area contributed by atoms with E-state index < -0.39 is 0 Å². The van der Waals surface area contributed by atoms with E-state index in [2.05, 4.69) is 28.6 Å². The molecule has 0 saturated heterocycles. The number of nitrogens with zero attached hydrogens (tertiary/aromatic N) is 4. The molecule has 3 aromatic rings. The van der Waals surface area contributed by atoms with E-state index in [4.69, 9.17) is 0 Å². The van der Waals surface area contributed by atoms with Crippen molar-refractivity contribution in [3.05, 3.63) is 66.2 Å². The van der Waals surface area contributed by atoms with Gasteiger partial charge in [-0.25, -0.2) is 4.68 Å². The first-order chi connectivity index (χ1) is 10.3. The van der Waals surface area contributed by atoms with Crippen LogP contribution in [0.1, 0.15) is 24.2 Å². The van der Waals surface area contributed by atoms with Gasteiger partial charge in [-0.15, -0.1) is 0 Å². The molecule has 0 spiro atoms. The Kier molecular flexibility index (Phi) is 3.83. The molecule has 0 saturated carbocycles. The van der Waals surface area contributed by atoms with Gasteiger partial charge in [-0.05, 0) is 32.2 Å². The van der Waals surface area contributed by atoms with Crippen molar-refractivity contribution in [2.24, 2.45) is 0 Å². The van der Waals surface area contributed by atoms with Crippen LogP contribution in [0.4, 0.5) is 0 Å². The van der Waals surface area contributed by atoms with E-state index in [9.17, 15) is 0 Å². The molecule has 2 heterocycles. The third-order valence-corrected chi connectivity index (χ3v) is 3.59. The average molecular weight is 281 g/mol. The fraction of sp³-hybridized carbons (Fsp3) is 0.250. The summed E-state index contributed by atoms with van der Waals surface area (Å²) in [4.78, 5) is 0. The molecule has 1 N–H and O–H groups in total. The summed E-state index contributed by atoms with van der Waals surface area (Å²) in [6.07, 6.45) is 5.80. The first kappa shape index (κ1) is 13.6. The van der Waals surface area contributed by atoms with E-state index in [1.807, 2.05) is 65.2 Å². The van der Waals surface area contributed by atoms with E-state index in [-0.39, 0.29) is 6.04 Å². The average Bonchev–Trinajstić information content (AvgIpc) is 3.19. The van der Waals surface area contributed by atoms with E-state index in [1.165, 1.54) is 0 Å². The molecule has 0 aliphatic heterocycles. The Morgan fingerprint density at radius 2 is 1.95 bits per heavy atom. The van der Waals surface area contributed by atoms with Crippen molar-refractivity contribution in [1.29, 1.82) is 0 Å². The van der Waals surface area contributed by atoms with Crippen LogP contribution in [-0.2, 0) is 6.54 Å². The van der Waals surface area contributed by atoms with Gasteiger partial charge in [0.2, 0.25) is 0 Å². The summed E-state index contributed by atoms with van der Waals surface area (Å²) < 4.78 is 3.90. The molecule has 1 aromatic carbocycles. The Hall–Kier alpha value is -2.40. The predicted octanol–water partition coefficient (Wildman–Crippen LogP) is 2.40. The van der Waals surface area contributed by atoms with Crippen LogP contribution in [0, 0.1) is 0 Å². The van der Waals surface area contributed by atoms with E-state index in [1.54, 1.807) is 0 Å². The number of hydrogen-bond acceptors (Lipinski definition) is 3. The van der Waals surface area contributed by atoms with E-state index in [0.717, 1.165) is 23.5 Å². The van der Waals surface area contributed by atoms with Crippen LogP contribution in [0.2, 0.25) is 0 Å². The fourth-order valence-electron chi connectivity index (χ4n) is 2.55. The third-order valence-electron chi connectivity index (χ3n) is 3.59. The molecular weight excluding hydrogens is 262 g/mol. The largest absolute Gasteiger partial charge is 0.308 e. The number of benzene rings is 1. The van der Waals surface area contributed by atoms with Gasteiger partial charge in [0.25, 0.3) is 0 Å². The normalized spacial score (nSPS) is 12.5. The van der Waals surface area contributed by atoms with Crippen LogP contribution in [0.15, 0.2) is 55.0 Å². The second-order valence-electron chi connectivity index (χ2n) is 4.85. The lowest BCUT2D eigenvalue weighted by molar-refractivity contribution is 0.563. The summed E-state index contributed by atoms with van der Waals surface area (Å²) in [6, 6.07) is 12.2. The topological polar surface area (TPSA) is 47.7 Å². The van der Waals surface area contributed by atoms with E-state index >= 15 is 0 Å². The zero-order chi connectivity index (χ0) is 14.7. The molecular formula is C16H19N5. The summed E-state index contributed by atoms with van der Waals surface area (Å²) in [5.74, 6) is 0. The molecule has 2 aromatic heterocycles. The maximum Gasteiger partial charge on any atom is 0.0776 e. The molecule has 3 rings (SSSR count). The molecule has 5 nitrogen and oxygen atoms in total. The number of rotatable bonds is 5. The molecule has 1 unspecified atom stereocenters. The Bertz CT molecular complexity index is 698. The monoisotopic (exact) mass is 281 g/mol. The summed E-state index contributed by atoms with van der Waals surface area (Å²) in [5.41, 5.74) is 3.33. The zero-order valence-electron chi connectivity index (χ0n) is 12.3. The summed E-state index contributed by atoms with van der Waals surface area (Å²) in [6.45, 7) is 2.95. The van der Waals surface area contributed by atoms with Gasteiger partial charge in [-0.2, -0.15) is 10.2 Å². The highest BCUT2D eigenvalue weighted by molar-refractivity contribution is 5.33. The van der Waals surface area contributed by atoms with Gasteiger partial charge in [0, 0.05) is 24.5 Å². The minimum atomic E-state index is 0.0879. The Morgan fingerprint density at radius 3 is 2.67 bits per heavy atom. The summed E-state index contributed by atoms with van der Waals surface area (Å²) in [7, 11) is 1.96. The van der Waals surface area contributed by atoms with Crippen LogP contribution in [0.3, 0.4) is 0 Å². The maximum atomic E-state index is 4.47. The minimum absolute atomic E-state index is 0.0879. The lowest BCUT2D eigenvalue weighted by atomic mass is 10.1. The van der Waals surface area contributed by atoms with Crippen LogP contribution in [-0.4, -0.2) is 26.6 Å². The molecule has 0 fully saturated rings. The Morgan fingerprint density at radius 1 is 1.14 bits per heavy atom. The van der Waals surface area contributed by atoms with E-state index in [0.29, 0.717) is 0 Å². The predicted molar refractivity (Wildman–Crippen MR) is 82.4 cm³/mol. The number of hydrogen-bond donors (Lipinski definition) is 1. The van der Waals surface area contributed by atoms with Gasteiger partial charge >= 0.3 is 0 Å². The lowest BCUT2D eigenvalue weighted by Gasteiger charge is -2.15. The van der Waals surface area contributed by atoms with Gasteiger partial charge < -0.3 is 5.32 Å². The van der Waals surface area contributed by atoms with Crippen molar-refractivity contribution in [2.45, 2.75) is 19.5 Å². The molecule has 0 amide bonds. The molecule has 108 valence electrons. The molecule has 0 bridgehead atoms.